The molecule has 0 saturated carbocycles. The summed E-state index contributed by atoms with van der Waals surface area (Å²) in [6.07, 6.45) is 0. The number of nitrogens with zero attached hydrogens (tertiary/aromatic N) is 2. The summed E-state index contributed by atoms with van der Waals surface area (Å²) >= 11 is 0. The zero-order valence-electron chi connectivity index (χ0n) is 20.3. The van der Waals surface area contributed by atoms with Crippen LogP contribution < -0.4 is 0 Å². The van der Waals surface area contributed by atoms with Crippen LogP contribution >= 0.6 is 0 Å². The predicted molar refractivity (Wildman–Crippen MR) is 149 cm³/mol. The van der Waals surface area contributed by atoms with Crippen molar-refractivity contribution in [1.82, 2.24) is 9.97 Å². The van der Waals surface area contributed by atoms with Gasteiger partial charge in [0, 0.05) is 16.3 Å². The summed E-state index contributed by atoms with van der Waals surface area (Å²) in [5.74, 6) is 0.665. The summed E-state index contributed by atoms with van der Waals surface area (Å²) in [6, 6.07) is 47.6. The normalized spacial score (nSPS) is 10.9. The van der Waals surface area contributed by atoms with E-state index >= 15 is 0 Å². The topological polar surface area (TPSA) is 38.9 Å². The summed E-state index contributed by atoms with van der Waals surface area (Å²) in [4.78, 5) is 9.75. The molecule has 2 aromatic heterocycles. The summed E-state index contributed by atoms with van der Waals surface area (Å²) in [7, 11) is 0. The molecule has 7 aromatic rings. The molecule has 0 N–H and O–H groups in total. The van der Waals surface area contributed by atoms with Crippen molar-refractivity contribution >= 4 is 21.9 Å². The third-order valence-corrected chi connectivity index (χ3v) is 6.52. The maximum absolute atomic E-state index is 6.02. The molecule has 2 heterocycles. The number of hydrogen-bond acceptors (Lipinski definition) is 3. The average Bonchev–Trinajstić information content (AvgIpc) is 3.36. The molecule has 0 fully saturated rings. The fourth-order valence-electron chi connectivity index (χ4n) is 4.67. The van der Waals surface area contributed by atoms with Gasteiger partial charge in [0.15, 0.2) is 0 Å². The molecule has 0 amide bonds. The summed E-state index contributed by atoms with van der Waals surface area (Å²) in [5.41, 5.74) is 8.27. The largest absolute Gasteiger partial charge is 2.00 e. The Morgan fingerprint density at radius 2 is 1.18 bits per heavy atom. The van der Waals surface area contributed by atoms with Gasteiger partial charge in [-0.3, -0.25) is 4.98 Å². The van der Waals surface area contributed by atoms with Crippen LogP contribution in [0.1, 0.15) is 0 Å². The third-order valence-electron chi connectivity index (χ3n) is 6.52. The van der Waals surface area contributed by atoms with Crippen LogP contribution in [0.3, 0.4) is 0 Å². The maximum Gasteiger partial charge on any atom is 2.00 e. The molecule has 0 aliphatic carbocycles. The van der Waals surface area contributed by atoms with Gasteiger partial charge in [-0.15, -0.1) is 29.5 Å². The van der Waals surface area contributed by atoms with Gasteiger partial charge in [0.2, 0.25) is 0 Å². The number of furan rings is 1. The van der Waals surface area contributed by atoms with Crippen molar-refractivity contribution in [2.45, 2.75) is 0 Å². The van der Waals surface area contributed by atoms with Crippen molar-refractivity contribution in [2.24, 2.45) is 0 Å². The minimum absolute atomic E-state index is 0. The van der Waals surface area contributed by atoms with Crippen molar-refractivity contribution in [3.63, 3.8) is 0 Å². The van der Waals surface area contributed by atoms with Gasteiger partial charge >= 0.3 is 31.1 Å². The van der Waals surface area contributed by atoms with Crippen molar-refractivity contribution < 1.29 is 35.5 Å². The summed E-state index contributed by atoms with van der Waals surface area (Å²) in [6.45, 7) is 0. The Balaban J connectivity index is 0.00000264. The molecular weight excluding hydrogens is 690 g/mol. The second-order valence-electron chi connectivity index (χ2n) is 8.90. The van der Waals surface area contributed by atoms with Gasteiger partial charge in [-0.05, 0) is 29.5 Å². The number of para-hydroxylation sites is 1. The first-order valence-electron chi connectivity index (χ1n) is 12.2. The number of hydrogen-bond donors (Lipinski definition) is 0. The van der Waals surface area contributed by atoms with E-state index in [0.717, 1.165) is 55.4 Å². The maximum atomic E-state index is 6.02. The van der Waals surface area contributed by atoms with E-state index < -0.39 is 0 Å². The molecule has 5 aromatic carbocycles. The van der Waals surface area contributed by atoms with E-state index in [2.05, 4.69) is 42.5 Å². The van der Waals surface area contributed by atoms with Crippen LogP contribution in [0.4, 0.5) is 0 Å². The minimum Gasteiger partial charge on any atom is -0.456 e. The number of benzene rings is 5. The molecule has 0 aliphatic heterocycles. The van der Waals surface area contributed by atoms with Gasteiger partial charge in [-0.25, -0.2) is 11.6 Å². The van der Waals surface area contributed by atoms with E-state index in [1.165, 1.54) is 0 Å². The molecule has 0 aliphatic rings. The summed E-state index contributed by atoms with van der Waals surface area (Å²) < 4.78 is 6.02. The van der Waals surface area contributed by atoms with Crippen LogP contribution in [0, 0.1) is 43.2 Å². The molecule has 0 atom stereocenters. The monoisotopic (exact) mass is 710 g/mol. The smallest absolute Gasteiger partial charge is 0.456 e. The molecule has 0 radical (unpaired) electrons. The molecule has 0 unspecified atom stereocenters. The Kier molecular flexibility index (Phi) is 6.68. The third kappa shape index (κ3) is 4.58. The second-order valence-corrected chi connectivity index (χ2v) is 8.90. The van der Waals surface area contributed by atoms with Crippen LogP contribution in [0.25, 0.3) is 67.0 Å². The molecule has 0 spiro atoms. The van der Waals surface area contributed by atoms with Crippen LogP contribution in [0.15, 0.2) is 126 Å². The number of fused-ring (bicyclic) bond motifs is 3. The van der Waals surface area contributed by atoms with Crippen LogP contribution in [0.5, 0.6) is 0 Å². The van der Waals surface area contributed by atoms with Crippen molar-refractivity contribution in [3.05, 3.63) is 133 Å². The minimum atomic E-state index is 0. The molecular formula is C34H20N2OU. The van der Waals surface area contributed by atoms with Crippen LogP contribution in [0.2, 0.25) is 0 Å². The van der Waals surface area contributed by atoms with E-state index in [4.69, 9.17) is 14.4 Å². The van der Waals surface area contributed by atoms with Gasteiger partial charge in [-0.1, -0.05) is 78.4 Å². The van der Waals surface area contributed by atoms with Crippen molar-refractivity contribution in [2.75, 3.05) is 0 Å². The first-order valence-corrected chi connectivity index (χ1v) is 12.2. The fraction of sp³-hybridized carbons (Fsp3) is 0. The van der Waals surface area contributed by atoms with E-state index in [0.29, 0.717) is 11.5 Å². The molecule has 3 nitrogen and oxygen atoms in total. The Morgan fingerprint density at radius 3 is 2.00 bits per heavy atom. The van der Waals surface area contributed by atoms with Gasteiger partial charge < -0.3 is 9.40 Å². The Morgan fingerprint density at radius 1 is 0.526 bits per heavy atom. The first kappa shape index (κ1) is 24.4. The molecule has 7 rings (SSSR count). The van der Waals surface area contributed by atoms with Gasteiger partial charge in [0.25, 0.3) is 0 Å². The van der Waals surface area contributed by atoms with E-state index in [-0.39, 0.29) is 31.1 Å². The van der Waals surface area contributed by atoms with Gasteiger partial charge in [0.1, 0.15) is 17.0 Å². The number of aromatic nitrogens is 2. The van der Waals surface area contributed by atoms with E-state index in [9.17, 15) is 0 Å². The molecule has 4 heteroatoms. The zero-order chi connectivity index (χ0) is 24.6. The summed E-state index contributed by atoms with van der Waals surface area (Å²) in [5, 5.41) is 2.22. The Bertz CT molecular complexity index is 1820. The van der Waals surface area contributed by atoms with Crippen molar-refractivity contribution in [3.8, 4) is 45.0 Å². The fourth-order valence-corrected chi connectivity index (χ4v) is 4.67. The molecule has 0 saturated heterocycles. The van der Waals surface area contributed by atoms with Gasteiger partial charge in [0.05, 0.1) is 0 Å². The zero-order valence-corrected chi connectivity index (χ0v) is 24.5. The Labute approximate surface area is 244 Å². The van der Waals surface area contributed by atoms with Crippen molar-refractivity contribution in [1.29, 1.82) is 0 Å². The SMILES string of the molecule is [U+2].[c-]1ccc(-c2ccc3oc4ccccc4c3c2)cc1-c1[c-]c(-c2ccccc2)nc(-c2ccccc2)n1. The average molecular weight is 711 g/mol. The predicted octanol–water partition coefficient (Wildman–Crippen LogP) is 8.64. The number of rotatable bonds is 4. The van der Waals surface area contributed by atoms with E-state index in [1.54, 1.807) is 0 Å². The Hall–Kier alpha value is -3.97. The van der Waals surface area contributed by atoms with E-state index in [1.807, 2.05) is 91.0 Å². The molecule has 176 valence electrons. The quantitative estimate of drug-likeness (QED) is 0.172. The standard InChI is InChI=1S/C34H20N2O.U/c1-3-10-23(11-4-1)30-22-31(36-34(35-30)24-12-5-2-6-13-24)27-15-9-14-25(20-27)26-18-19-33-29(21-26)28-16-7-8-17-32(28)37-33;/h1-14,16-21H;/q-2;+2. The second kappa shape index (κ2) is 10.4. The first-order chi connectivity index (χ1) is 18.3. The van der Waals surface area contributed by atoms with Crippen LogP contribution in [-0.2, 0) is 0 Å². The molecule has 0 bridgehead atoms. The van der Waals surface area contributed by atoms with Crippen LogP contribution in [-0.4, -0.2) is 9.97 Å². The molecule has 38 heavy (non-hydrogen) atoms. The van der Waals surface area contributed by atoms with Gasteiger partial charge in [-0.2, -0.15) is 18.2 Å².